The lowest BCUT2D eigenvalue weighted by Crippen LogP contribution is -2.45. The summed E-state index contributed by atoms with van der Waals surface area (Å²) in [5, 5.41) is 0. The highest BCUT2D eigenvalue weighted by molar-refractivity contribution is 5.78. The molecule has 4 nitrogen and oxygen atoms in total. The van der Waals surface area contributed by atoms with E-state index in [4.69, 9.17) is 10.5 Å². The van der Waals surface area contributed by atoms with E-state index in [1.807, 2.05) is 29.2 Å². The SMILES string of the molecule is COC1(CC(=O)N(Cc2ccccc2N)C2CC2)CCC1. The first-order chi connectivity index (χ1) is 10.1. The number of rotatable bonds is 6. The number of ether oxygens (including phenoxy) is 1. The number of nitrogen functional groups attached to an aromatic ring is 1. The summed E-state index contributed by atoms with van der Waals surface area (Å²) in [6.07, 6.45) is 5.89. The van der Waals surface area contributed by atoms with Crippen LogP contribution in [0.3, 0.4) is 0 Å². The molecule has 0 heterocycles. The third-order valence-electron chi connectivity index (χ3n) is 4.87. The fourth-order valence-electron chi connectivity index (χ4n) is 3.07. The molecule has 0 bridgehead atoms. The van der Waals surface area contributed by atoms with Gasteiger partial charge in [-0.1, -0.05) is 18.2 Å². The molecule has 0 radical (unpaired) electrons. The van der Waals surface area contributed by atoms with Crippen molar-refractivity contribution in [3.63, 3.8) is 0 Å². The Morgan fingerprint density at radius 1 is 1.38 bits per heavy atom. The molecule has 0 aromatic heterocycles. The van der Waals surface area contributed by atoms with Gasteiger partial charge < -0.3 is 15.4 Å². The van der Waals surface area contributed by atoms with Crippen molar-refractivity contribution in [1.82, 2.24) is 4.90 Å². The Labute approximate surface area is 126 Å². The van der Waals surface area contributed by atoms with Gasteiger partial charge in [0.1, 0.15) is 0 Å². The van der Waals surface area contributed by atoms with Crippen molar-refractivity contribution in [2.45, 2.75) is 56.7 Å². The molecule has 2 aliphatic carbocycles. The number of para-hydroxylation sites is 1. The number of benzene rings is 1. The molecule has 114 valence electrons. The van der Waals surface area contributed by atoms with Crippen molar-refractivity contribution in [2.75, 3.05) is 12.8 Å². The van der Waals surface area contributed by atoms with Gasteiger partial charge >= 0.3 is 0 Å². The second kappa shape index (κ2) is 5.68. The molecule has 3 rings (SSSR count). The number of carbonyl (C=O) groups excluding carboxylic acids is 1. The third kappa shape index (κ3) is 3.05. The third-order valence-corrected chi connectivity index (χ3v) is 4.87. The Balaban J connectivity index is 1.70. The van der Waals surface area contributed by atoms with E-state index in [1.165, 1.54) is 0 Å². The van der Waals surface area contributed by atoms with E-state index in [1.54, 1.807) is 7.11 Å². The van der Waals surface area contributed by atoms with E-state index in [9.17, 15) is 4.79 Å². The minimum Gasteiger partial charge on any atom is -0.398 e. The molecule has 0 atom stereocenters. The largest absolute Gasteiger partial charge is 0.398 e. The standard InChI is InChI=1S/C17H24N2O2/c1-21-17(9-4-10-17)11-16(20)19(14-7-8-14)12-13-5-2-3-6-15(13)18/h2-3,5-6,14H,4,7-12,18H2,1H3. The maximum atomic E-state index is 12.7. The number of hydrogen-bond donors (Lipinski definition) is 1. The molecule has 0 aliphatic heterocycles. The van der Waals surface area contributed by atoms with Crippen LogP contribution >= 0.6 is 0 Å². The molecule has 1 aromatic rings. The average molecular weight is 288 g/mol. The van der Waals surface area contributed by atoms with Crippen molar-refractivity contribution in [1.29, 1.82) is 0 Å². The van der Waals surface area contributed by atoms with Gasteiger partial charge in [-0.05, 0) is 43.7 Å². The van der Waals surface area contributed by atoms with Gasteiger partial charge in [-0.25, -0.2) is 0 Å². The molecule has 4 heteroatoms. The topological polar surface area (TPSA) is 55.6 Å². The zero-order valence-electron chi connectivity index (χ0n) is 12.7. The van der Waals surface area contributed by atoms with Gasteiger partial charge in [0, 0.05) is 25.4 Å². The normalized spacial score (nSPS) is 19.9. The molecular weight excluding hydrogens is 264 g/mol. The first kappa shape index (κ1) is 14.4. The molecule has 0 unspecified atom stereocenters. The first-order valence-corrected chi connectivity index (χ1v) is 7.81. The predicted molar refractivity (Wildman–Crippen MR) is 82.6 cm³/mol. The number of methoxy groups -OCH3 is 1. The van der Waals surface area contributed by atoms with E-state index in [2.05, 4.69) is 0 Å². The monoisotopic (exact) mass is 288 g/mol. The number of amides is 1. The minimum absolute atomic E-state index is 0.202. The fraction of sp³-hybridized carbons (Fsp3) is 0.588. The number of nitrogens with two attached hydrogens (primary N) is 1. The second-order valence-electron chi connectivity index (χ2n) is 6.37. The molecule has 0 saturated heterocycles. The lowest BCUT2D eigenvalue weighted by atomic mass is 9.77. The Bertz CT molecular complexity index is 516. The summed E-state index contributed by atoms with van der Waals surface area (Å²) in [5.41, 5.74) is 7.62. The summed E-state index contributed by atoms with van der Waals surface area (Å²) in [6.45, 7) is 0.621. The molecule has 2 aliphatic rings. The van der Waals surface area contributed by atoms with Crippen LogP contribution in [0.4, 0.5) is 5.69 Å². The maximum absolute atomic E-state index is 12.7. The van der Waals surface area contributed by atoms with Crippen LogP contribution < -0.4 is 5.73 Å². The first-order valence-electron chi connectivity index (χ1n) is 7.81. The molecule has 2 fully saturated rings. The lowest BCUT2D eigenvalue weighted by molar-refractivity contribution is -0.145. The van der Waals surface area contributed by atoms with Crippen LogP contribution in [0.2, 0.25) is 0 Å². The maximum Gasteiger partial charge on any atom is 0.226 e. The van der Waals surface area contributed by atoms with Gasteiger partial charge in [0.05, 0.1) is 12.0 Å². The predicted octanol–water partition coefficient (Wildman–Crippen LogP) is 2.72. The van der Waals surface area contributed by atoms with Crippen molar-refractivity contribution in [3.8, 4) is 0 Å². The van der Waals surface area contributed by atoms with E-state index in [-0.39, 0.29) is 11.5 Å². The van der Waals surface area contributed by atoms with Gasteiger partial charge in [0.15, 0.2) is 0 Å². The Morgan fingerprint density at radius 2 is 2.10 bits per heavy atom. The highest BCUT2D eigenvalue weighted by Gasteiger charge is 2.42. The summed E-state index contributed by atoms with van der Waals surface area (Å²) in [4.78, 5) is 14.7. The van der Waals surface area contributed by atoms with Crippen LogP contribution in [0, 0.1) is 0 Å². The molecule has 2 N–H and O–H groups in total. The van der Waals surface area contributed by atoms with Crippen LogP contribution in [0.15, 0.2) is 24.3 Å². The highest BCUT2D eigenvalue weighted by Crippen LogP contribution is 2.40. The zero-order chi connectivity index (χ0) is 14.9. The molecular formula is C17H24N2O2. The van der Waals surface area contributed by atoms with Crippen molar-refractivity contribution in [2.24, 2.45) is 0 Å². The highest BCUT2D eigenvalue weighted by atomic mass is 16.5. The lowest BCUT2D eigenvalue weighted by Gasteiger charge is -2.41. The van der Waals surface area contributed by atoms with Crippen LogP contribution in [0.1, 0.15) is 44.1 Å². The number of hydrogen-bond acceptors (Lipinski definition) is 3. The zero-order valence-corrected chi connectivity index (χ0v) is 12.7. The van der Waals surface area contributed by atoms with Crippen molar-refractivity contribution in [3.05, 3.63) is 29.8 Å². The smallest absolute Gasteiger partial charge is 0.226 e. The van der Waals surface area contributed by atoms with Crippen LogP contribution in [-0.2, 0) is 16.1 Å². The summed E-state index contributed by atoms with van der Waals surface area (Å²) in [5.74, 6) is 0.210. The quantitative estimate of drug-likeness (QED) is 0.819. The minimum atomic E-state index is -0.202. The number of anilines is 1. The van der Waals surface area contributed by atoms with Crippen LogP contribution in [0.25, 0.3) is 0 Å². The molecule has 1 amide bonds. The molecule has 2 saturated carbocycles. The van der Waals surface area contributed by atoms with Crippen LogP contribution in [0.5, 0.6) is 0 Å². The van der Waals surface area contributed by atoms with Gasteiger partial charge in [0.25, 0.3) is 0 Å². The molecule has 21 heavy (non-hydrogen) atoms. The molecule has 1 aromatic carbocycles. The number of carbonyl (C=O) groups is 1. The Morgan fingerprint density at radius 3 is 2.62 bits per heavy atom. The average Bonchev–Trinajstić information content (AvgIpc) is 3.26. The van der Waals surface area contributed by atoms with Gasteiger partial charge in [-0.15, -0.1) is 0 Å². The van der Waals surface area contributed by atoms with E-state index in [0.29, 0.717) is 19.0 Å². The summed E-state index contributed by atoms with van der Waals surface area (Å²) < 4.78 is 5.60. The Kier molecular flexibility index (Phi) is 3.89. The van der Waals surface area contributed by atoms with E-state index < -0.39 is 0 Å². The van der Waals surface area contributed by atoms with E-state index in [0.717, 1.165) is 43.4 Å². The van der Waals surface area contributed by atoms with E-state index >= 15 is 0 Å². The second-order valence-corrected chi connectivity index (χ2v) is 6.37. The van der Waals surface area contributed by atoms with Gasteiger partial charge in [0.2, 0.25) is 5.91 Å². The van der Waals surface area contributed by atoms with Crippen LogP contribution in [-0.4, -0.2) is 29.6 Å². The summed E-state index contributed by atoms with van der Waals surface area (Å²) in [6, 6.07) is 8.20. The van der Waals surface area contributed by atoms with Crippen molar-refractivity contribution >= 4 is 11.6 Å². The summed E-state index contributed by atoms with van der Waals surface area (Å²) >= 11 is 0. The van der Waals surface area contributed by atoms with Gasteiger partial charge in [-0.3, -0.25) is 4.79 Å². The van der Waals surface area contributed by atoms with Gasteiger partial charge in [-0.2, -0.15) is 0 Å². The van der Waals surface area contributed by atoms with Crippen molar-refractivity contribution < 1.29 is 9.53 Å². The Hall–Kier alpha value is -1.55. The molecule has 0 spiro atoms. The fourth-order valence-corrected chi connectivity index (χ4v) is 3.07. The number of nitrogens with zero attached hydrogens (tertiary/aromatic N) is 1. The summed E-state index contributed by atoms with van der Waals surface area (Å²) in [7, 11) is 1.73.